The third-order valence-electron chi connectivity index (χ3n) is 3.19. The zero-order chi connectivity index (χ0) is 15.4. The fraction of sp³-hybridized carbons (Fsp3) is 0.429. The smallest absolute Gasteiger partial charge is 0.338 e. The lowest BCUT2D eigenvalue weighted by Gasteiger charge is -2.28. The second kappa shape index (κ2) is 6.78. The first-order valence-corrected chi connectivity index (χ1v) is 6.99. The van der Waals surface area contributed by atoms with Gasteiger partial charge in [-0.2, -0.15) is 0 Å². The highest BCUT2D eigenvalue weighted by molar-refractivity contribution is 6.33. The number of nitrogens with zero attached hydrogens (tertiary/aromatic N) is 1. The third-order valence-corrected chi connectivity index (χ3v) is 3.53. The number of amides is 1. The number of carbonyl (C=O) groups is 2. The van der Waals surface area contributed by atoms with E-state index in [2.05, 4.69) is 0 Å². The van der Waals surface area contributed by atoms with Gasteiger partial charge in [-0.15, -0.1) is 0 Å². The lowest BCUT2D eigenvalue weighted by Crippen LogP contribution is -2.46. The first-order valence-electron chi connectivity index (χ1n) is 6.61. The van der Waals surface area contributed by atoms with Gasteiger partial charge in [0.25, 0.3) is 5.91 Å². The number of nitrogens with two attached hydrogens (primary N) is 1. The summed E-state index contributed by atoms with van der Waals surface area (Å²) < 4.78 is 10.4. The predicted octanol–water partition coefficient (Wildman–Crippen LogP) is 1.33. The number of anilines is 1. The van der Waals surface area contributed by atoms with Crippen LogP contribution in [0.3, 0.4) is 0 Å². The summed E-state index contributed by atoms with van der Waals surface area (Å²) in [6.07, 6.45) is -0.854. The molecule has 21 heavy (non-hydrogen) atoms. The van der Waals surface area contributed by atoms with E-state index in [1.165, 1.54) is 18.2 Å². The molecule has 1 aromatic carbocycles. The highest BCUT2D eigenvalue weighted by Gasteiger charge is 2.25. The van der Waals surface area contributed by atoms with E-state index in [1.54, 1.807) is 11.8 Å². The van der Waals surface area contributed by atoms with Gasteiger partial charge in [-0.25, -0.2) is 4.79 Å². The second-order valence-electron chi connectivity index (χ2n) is 4.72. The molecule has 1 atom stereocenters. The van der Waals surface area contributed by atoms with Gasteiger partial charge in [-0.1, -0.05) is 11.6 Å². The fourth-order valence-electron chi connectivity index (χ4n) is 1.99. The Morgan fingerprint density at radius 2 is 2.05 bits per heavy atom. The van der Waals surface area contributed by atoms with Crippen molar-refractivity contribution in [3.8, 4) is 0 Å². The Balaban J connectivity index is 1.97. The number of nitrogen functional groups attached to an aromatic ring is 1. The zero-order valence-corrected chi connectivity index (χ0v) is 12.4. The summed E-state index contributed by atoms with van der Waals surface area (Å²) in [5.74, 6) is -0.832. The van der Waals surface area contributed by atoms with Crippen molar-refractivity contribution in [1.29, 1.82) is 0 Å². The number of ether oxygens (including phenoxy) is 2. The number of hydrogen-bond acceptors (Lipinski definition) is 5. The molecule has 0 bridgehead atoms. The van der Waals surface area contributed by atoms with E-state index in [0.717, 1.165) is 0 Å². The number of rotatable bonds is 3. The van der Waals surface area contributed by atoms with E-state index < -0.39 is 12.1 Å². The van der Waals surface area contributed by atoms with Crippen molar-refractivity contribution < 1.29 is 19.1 Å². The molecule has 2 N–H and O–H groups in total. The topological polar surface area (TPSA) is 81.9 Å². The number of benzene rings is 1. The van der Waals surface area contributed by atoms with Crippen LogP contribution in [0.25, 0.3) is 0 Å². The molecule has 1 aromatic rings. The van der Waals surface area contributed by atoms with Crippen LogP contribution < -0.4 is 5.73 Å². The zero-order valence-electron chi connectivity index (χ0n) is 11.7. The molecular formula is C14H17ClN2O4. The van der Waals surface area contributed by atoms with Gasteiger partial charge in [-0.05, 0) is 25.1 Å². The summed E-state index contributed by atoms with van der Waals surface area (Å²) in [4.78, 5) is 25.7. The summed E-state index contributed by atoms with van der Waals surface area (Å²) in [6, 6.07) is 4.45. The predicted molar refractivity (Wildman–Crippen MR) is 78.1 cm³/mol. The molecule has 1 amide bonds. The monoisotopic (exact) mass is 312 g/mol. The SMILES string of the molecule is CC(OC(=O)c1ccc(Cl)c(N)c1)C(=O)N1CCOCC1. The van der Waals surface area contributed by atoms with Gasteiger partial charge in [0.05, 0.1) is 29.5 Å². The van der Waals surface area contributed by atoms with Crippen LogP contribution in [0.2, 0.25) is 5.02 Å². The molecular weight excluding hydrogens is 296 g/mol. The number of halogens is 1. The van der Waals surface area contributed by atoms with Crippen molar-refractivity contribution in [3.63, 3.8) is 0 Å². The molecule has 1 saturated heterocycles. The van der Waals surface area contributed by atoms with Gasteiger partial charge in [0.2, 0.25) is 0 Å². The lowest BCUT2D eigenvalue weighted by atomic mass is 10.2. The highest BCUT2D eigenvalue weighted by atomic mass is 35.5. The van der Waals surface area contributed by atoms with E-state index in [0.29, 0.717) is 37.0 Å². The fourth-order valence-corrected chi connectivity index (χ4v) is 2.11. The molecule has 1 aliphatic heterocycles. The Labute approximate surface area is 127 Å². The molecule has 0 aliphatic carbocycles. The van der Waals surface area contributed by atoms with Crippen molar-refractivity contribution in [3.05, 3.63) is 28.8 Å². The Kier molecular flexibility index (Phi) is 5.03. The van der Waals surface area contributed by atoms with Crippen molar-refractivity contribution in [2.75, 3.05) is 32.0 Å². The van der Waals surface area contributed by atoms with Gasteiger partial charge in [0, 0.05) is 13.1 Å². The Bertz CT molecular complexity index is 544. The normalized spacial score (nSPS) is 16.4. The minimum atomic E-state index is -0.854. The van der Waals surface area contributed by atoms with E-state index >= 15 is 0 Å². The maximum Gasteiger partial charge on any atom is 0.338 e. The van der Waals surface area contributed by atoms with Crippen LogP contribution in [0.4, 0.5) is 5.69 Å². The van der Waals surface area contributed by atoms with Crippen LogP contribution in [-0.2, 0) is 14.3 Å². The van der Waals surface area contributed by atoms with Crippen molar-refractivity contribution in [2.24, 2.45) is 0 Å². The maximum atomic E-state index is 12.1. The first kappa shape index (κ1) is 15.6. The molecule has 7 heteroatoms. The summed E-state index contributed by atoms with van der Waals surface area (Å²) in [6.45, 7) is 3.57. The van der Waals surface area contributed by atoms with Crippen LogP contribution >= 0.6 is 11.6 Å². The minimum absolute atomic E-state index is 0.228. The average molecular weight is 313 g/mol. The van der Waals surface area contributed by atoms with Crippen molar-refractivity contribution in [1.82, 2.24) is 4.90 Å². The quantitative estimate of drug-likeness (QED) is 0.672. The Hall–Kier alpha value is -1.79. The van der Waals surface area contributed by atoms with Crippen molar-refractivity contribution in [2.45, 2.75) is 13.0 Å². The van der Waals surface area contributed by atoms with E-state index in [-0.39, 0.29) is 11.5 Å². The highest BCUT2D eigenvalue weighted by Crippen LogP contribution is 2.20. The molecule has 0 spiro atoms. The maximum absolute atomic E-state index is 12.1. The number of esters is 1. The Morgan fingerprint density at radius 1 is 1.38 bits per heavy atom. The summed E-state index contributed by atoms with van der Waals surface area (Å²) in [5.41, 5.74) is 6.19. The van der Waals surface area contributed by atoms with Crippen LogP contribution in [0.5, 0.6) is 0 Å². The van der Waals surface area contributed by atoms with Gasteiger partial charge >= 0.3 is 5.97 Å². The molecule has 6 nitrogen and oxygen atoms in total. The largest absolute Gasteiger partial charge is 0.449 e. The number of hydrogen-bond donors (Lipinski definition) is 1. The molecule has 0 radical (unpaired) electrons. The van der Waals surface area contributed by atoms with Crippen LogP contribution in [-0.4, -0.2) is 49.2 Å². The number of morpholine rings is 1. The van der Waals surface area contributed by atoms with Crippen LogP contribution in [0.1, 0.15) is 17.3 Å². The molecule has 2 rings (SSSR count). The van der Waals surface area contributed by atoms with Gasteiger partial charge in [0.15, 0.2) is 6.10 Å². The van der Waals surface area contributed by atoms with Gasteiger partial charge in [0.1, 0.15) is 0 Å². The van der Waals surface area contributed by atoms with Crippen molar-refractivity contribution >= 4 is 29.2 Å². The summed E-state index contributed by atoms with van der Waals surface area (Å²) >= 11 is 5.79. The molecule has 0 aromatic heterocycles. The first-order chi connectivity index (χ1) is 9.99. The Morgan fingerprint density at radius 3 is 2.67 bits per heavy atom. The molecule has 1 heterocycles. The van der Waals surface area contributed by atoms with Gasteiger partial charge < -0.3 is 20.1 Å². The summed E-state index contributed by atoms with van der Waals surface area (Å²) in [7, 11) is 0. The van der Waals surface area contributed by atoms with Gasteiger partial charge in [-0.3, -0.25) is 4.79 Å². The molecule has 1 aliphatic rings. The van der Waals surface area contributed by atoms with E-state index in [1.807, 2.05) is 0 Å². The third kappa shape index (κ3) is 3.86. The minimum Gasteiger partial charge on any atom is -0.449 e. The average Bonchev–Trinajstić information content (AvgIpc) is 2.50. The molecule has 1 fully saturated rings. The van der Waals surface area contributed by atoms with E-state index in [9.17, 15) is 9.59 Å². The lowest BCUT2D eigenvalue weighted by molar-refractivity contribution is -0.143. The van der Waals surface area contributed by atoms with E-state index in [4.69, 9.17) is 26.8 Å². The van der Waals surface area contributed by atoms with Crippen LogP contribution in [0, 0.1) is 0 Å². The molecule has 0 saturated carbocycles. The second-order valence-corrected chi connectivity index (χ2v) is 5.13. The standard InChI is InChI=1S/C14H17ClN2O4/c1-9(13(18)17-4-6-20-7-5-17)21-14(19)10-2-3-11(15)12(16)8-10/h2-3,8-9H,4-7,16H2,1H3. The number of carbonyl (C=O) groups excluding carboxylic acids is 2. The molecule has 1 unspecified atom stereocenters. The van der Waals surface area contributed by atoms with Crippen LogP contribution in [0.15, 0.2) is 18.2 Å². The summed E-state index contributed by atoms with van der Waals surface area (Å²) in [5, 5.41) is 0.365. The molecule has 114 valence electrons.